The van der Waals surface area contributed by atoms with Gasteiger partial charge in [0.2, 0.25) is 0 Å². The molecule has 1 aromatic heterocycles. The fraction of sp³-hybridized carbons (Fsp3) is 0.611. The maximum Gasteiger partial charge on any atom is 0.171 e. The van der Waals surface area contributed by atoms with Crippen LogP contribution in [0.2, 0.25) is 0 Å². The molecule has 6 heteroatoms. The van der Waals surface area contributed by atoms with Crippen LogP contribution in [0.5, 0.6) is 0 Å². The number of ether oxygens (including phenoxy) is 1. The van der Waals surface area contributed by atoms with Crippen molar-refractivity contribution in [2.24, 2.45) is 0 Å². The summed E-state index contributed by atoms with van der Waals surface area (Å²) in [6.07, 6.45) is 6.09. The van der Waals surface area contributed by atoms with Crippen molar-refractivity contribution in [3.8, 4) is 0 Å². The van der Waals surface area contributed by atoms with Gasteiger partial charge in [-0.05, 0) is 28.8 Å². The van der Waals surface area contributed by atoms with Crippen molar-refractivity contribution >= 4 is 0 Å². The molecule has 0 bridgehead atoms. The molecule has 6 nitrogen and oxygen atoms in total. The van der Waals surface area contributed by atoms with Crippen LogP contribution in [0.1, 0.15) is 43.5 Å². The standard InChI is InChI=1S/C18H25N5O/c1-3-7-16(8-4-1)15-23-17(19-20-21-23)18(9-5-2-6-10-18)22-11-13-24-14-12-22/h1,3-4,7-8H,2,5-6,9-15H2. The van der Waals surface area contributed by atoms with Crippen molar-refractivity contribution in [1.82, 2.24) is 25.1 Å². The minimum absolute atomic E-state index is 0.0275. The first-order valence-electron chi connectivity index (χ1n) is 9.02. The third kappa shape index (κ3) is 2.96. The van der Waals surface area contributed by atoms with Crippen molar-refractivity contribution in [2.75, 3.05) is 26.3 Å². The Morgan fingerprint density at radius 2 is 1.75 bits per heavy atom. The van der Waals surface area contributed by atoms with Crippen LogP contribution in [0.3, 0.4) is 0 Å². The third-order valence-corrected chi connectivity index (χ3v) is 5.42. The molecular formula is C18H25N5O. The van der Waals surface area contributed by atoms with Crippen LogP contribution < -0.4 is 0 Å². The third-order valence-electron chi connectivity index (χ3n) is 5.42. The highest BCUT2D eigenvalue weighted by atomic mass is 16.5. The van der Waals surface area contributed by atoms with Crippen LogP contribution in [0.4, 0.5) is 0 Å². The fourth-order valence-corrected chi connectivity index (χ4v) is 4.21. The van der Waals surface area contributed by atoms with Crippen LogP contribution >= 0.6 is 0 Å². The maximum atomic E-state index is 5.58. The molecule has 0 radical (unpaired) electrons. The summed E-state index contributed by atoms with van der Waals surface area (Å²) in [5, 5.41) is 12.9. The van der Waals surface area contributed by atoms with E-state index in [1.165, 1.54) is 24.8 Å². The molecule has 1 saturated heterocycles. The van der Waals surface area contributed by atoms with Crippen LogP contribution in [0, 0.1) is 0 Å². The summed E-state index contributed by atoms with van der Waals surface area (Å²) in [6, 6.07) is 10.4. The van der Waals surface area contributed by atoms with Crippen LogP contribution in [0.25, 0.3) is 0 Å². The Kier molecular flexibility index (Phi) is 4.58. The number of nitrogens with zero attached hydrogens (tertiary/aromatic N) is 5. The average Bonchev–Trinajstić information content (AvgIpc) is 3.12. The van der Waals surface area contributed by atoms with Crippen molar-refractivity contribution in [3.05, 3.63) is 41.7 Å². The molecule has 4 rings (SSSR count). The zero-order valence-electron chi connectivity index (χ0n) is 14.1. The van der Waals surface area contributed by atoms with Gasteiger partial charge in [-0.2, -0.15) is 0 Å². The number of hydrogen-bond acceptors (Lipinski definition) is 5. The number of tetrazole rings is 1. The zero-order valence-corrected chi connectivity index (χ0v) is 14.1. The number of rotatable bonds is 4. The van der Waals surface area contributed by atoms with E-state index in [0.717, 1.165) is 51.5 Å². The second-order valence-electron chi connectivity index (χ2n) is 6.84. The molecule has 2 heterocycles. The maximum absolute atomic E-state index is 5.58. The van der Waals surface area contributed by atoms with E-state index in [2.05, 4.69) is 44.7 Å². The lowest BCUT2D eigenvalue weighted by molar-refractivity contribution is -0.0459. The molecule has 128 valence electrons. The highest BCUT2D eigenvalue weighted by molar-refractivity contribution is 5.16. The van der Waals surface area contributed by atoms with Gasteiger partial charge >= 0.3 is 0 Å². The van der Waals surface area contributed by atoms with E-state index in [1.807, 2.05) is 10.7 Å². The summed E-state index contributed by atoms with van der Waals surface area (Å²) < 4.78 is 7.59. The molecular weight excluding hydrogens is 302 g/mol. The van der Waals surface area contributed by atoms with Gasteiger partial charge in [0.1, 0.15) is 0 Å². The first-order valence-corrected chi connectivity index (χ1v) is 9.02. The Hall–Kier alpha value is -1.79. The lowest BCUT2D eigenvalue weighted by Gasteiger charge is -2.46. The Balaban J connectivity index is 1.67. The molecule has 1 aliphatic carbocycles. The second kappa shape index (κ2) is 6.99. The van der Waals surface area contributed by atoms with E-state index in [9.17, 15) is 0 Å². The van der Waals surface area contributed by atoms with Gasteiger partial charge in [-0.25, -0.2) is 4.68 Å². The first-order chi connectivity index (χ1) is 11.9. The summed E-state index contributed by atoms with van der Waals surface area (Å²) in [4.78, 5) is 2.57. The monoisotopic (exact) mass is 327 g/mol. The SMILES string of the molecule is c1ccc(Cn2nnnc2C2(N3CCOCC3)CCCCC2)cc1. The summed E-state index contributed by atoms with van der Waals surface area (Å²) in [5.74, 6) is 1.04. The second-order valence-corrected chi connectivity index (χ2v) is 6.84. The van der Waals surface area contributed by atoms with Gasteiger partial charge < -0.3 is 4.74 Å². The summed E-state index contributed by atoms with van der Waals surface area (Å²) in [6.45, 7) is 4.29. The lowest BCUT2D eigenvalue weighted by atomic mass is 9.79. The Bertz CT molecular complexity index is 644. The topological polar surface area (TPSA) is 56.1 Å². The molecule has 0 spiro atoms. The van der Waals surface area contributed by atoms with E-state index in [-0.39, 0.29) is 5.54 Å². The number of aromatic nitrogens is 4. The van der Waals surface area contributed by atoms with Gasteiger partial charge in [-0.15, -0.1) is 5.10 Å². The smallest absolute Gasteiger partial charge is 0.171 e. The Morgan fingerprint density at radius 1 is 1.00 bits per heavy atom. The quantitative estimate of drug-likeness (QED) is 0.862. The molecule has 1 saturated carbocycles. The van der Waals surface area contributed by atoms with Gasteiger partial charge in [0.25, 0.3) is 0 Å². The van der Waals surface area contributed by atoms with E-state index in [0.29, 0.717) is 0 Å². The highest BCUT2D eigenvalue weighted by Gasteiger charge is 2.44. The molecule has 0 unspecified atom stereocenters. The van der Waals surface area contributed by atoms with Gasteiger partial charge in [-0.3, -0.25) is 4.90 Å². The summed E-state index contributed by atoms with van der Waals surface area (Å²) in [7, 11) is 0. The number of morpholine rings is 1. The van der Waals surface area contributed by atoms with E-state index in [4.69, 9.17) is 4.74 Å². The van der Waals surface area contributed by atoms with Crippen LogP contribution in [-0.4, -0.2) is 51.4 Å². The van der Waals surface area contributed by atoms with Crippen molar-refractivity contribution < 1.29 is 4.74 Å². The van der Waals surface area contributed by atoms with Crippen molar-refractivity contribution in [1.29, 1.82) is 0 Å². The van der Waals surface area contributed by atoms with Gasteiger partial charge in [-0.1, -0.05) is 49.6 Å². The van der Waals surface area contributed by atoms with Crippen LogP contribution in [-0.2, 0) is 16.8 Å². The van der Waals surface area contributed by atoms with E-state index < -0.39 is 0 Å². The summed E-state index contributed by atoms with van der Waals surface area (Å²) in [5.41, 5.74) is 1.21. The fourth-order valence-electron chi connectivity index (χ4n) is 4.21. The molecule has 2 aromatic rings. The van der Waals surface area contributed by atoms with Gasteiger partial charge in [0.05, 0.1) is 25.3 Å². The number of hydrogen-bond donors (Lipinski definition) is 0. The predicted octanol–water partition coefficient (Wildman–Crippen LogP) is 2.21. The summed E-state index contributed by atoms with van der Waals surface area (Å²) >= 11 is 0. The molecule has 0 atom stereocenters. The normalized spacial score (nSPS) is 21.7. The average molecular weight is 327 g/mol. The Morgan fingerprint density at radius 3 is 2.50 bits per heavy atom. The number of benzene rings is 1. The van der Waals surface area contributed by atoms with E-state index in [1.54, 1.807) is 0 Å². The minimum atomic E-state index is -0.0275. The molecule has 0 N–H and O–H groups in total. The molecule has 2 aliphatic rings. The van der Waals surface area contributed by atoms with E-state index >= 15 is 0 Å². The van der Waals surface area contributed by atoms with Crippen molar-refractivity contribution in [3.63, 3.8) is 0 Å². The first kappa shape index (κ1) is 15.7. The zero-order chi connectivity index (χ0) is 16.2. The minimum Gasteiger partial charge on any atom is -0.379 e. The molecule has 0 amide bonds. The molecule has 2 fully saturated rings. The lowest BCUT2D eigenvalue weighted by Crippen LogP contribution is -2.53. The predicted molar refractivity (Wildman–Crippen MR) is 90.5 cm³/mol. The van der Waals surface area contributed by atoms with Crippen LogP contribution in [0.15, 0.2) is 30.3 Å². The van der Waals surface area contributed by atoms with Gasteiger partial charge in [0.15, 0.2) is 5.82 Å². The largest absolute Gasteiger partial charge is 0.379 e. The molecule has 1 aliphatic heterocycles. The van der Waals surface area contributed by atoms with Gasteiger partial charge in [0, 0.05) is 13.1 Å². The van der Waals surface area contributed by atoms with Crippen molar-refractivity contribution in [2.45, 2.75) is 44.2 Å². The highest BCUT2D eigenvalue weighted by Crippen LogP contribution is 2.41. The molecule has 24 heavy (non-hydrogen) atoms. The Labute approximate surface area is 142 Å². The molecule has 1 aromatic carbocycles.